The van der Waals surface area contributed by atoms with Crippen LogP contribution in [-0.4, -0.2) is 62.1 Å². The normalized spacial score (nSPS) is 22.0. The van der Waals surface area contributed by atoms with E-state index in [0.717, 1.165) is 38.9 Å². The fourth-order valence-electron chi connectivity index (χ4n) is 3.70. The van der Waals surface area contributed by atoms with Gasteiger partial charge in [-0.05, 0) is 26.2 Å². The van der Waals surface area contributed by atoms with Gasteiger partial charge in [-0.15, -0.1) is 24.0 Å². The Kier molecular flexibility index (Phi) is 11.0. The number of carbonyl (C=O) groups is 2. The smallest absolute Gasteiger partial charge is 0.310 e. The Bertz CT molecular complexity index is 509. The van der Waals surface area contributed by atoms with E-state index in [4.69, 9.17) is 4.74 Å². The van der Waals surface area contributed by atoms with Gasteiger partial charge < -0.3 is 20.3 Å². The summed E-state index contributed by atoms with van der Waals surface area (Å²) in [5.74, 6) is 0.721. The van der Waals surface area contributed by atoms with E-state index >= 15 is 0 Å². The van der Waals surface area contributed by atoms with Crippen LogP contribution in [0, 0.1) is 11.8 Å². The lowest BCUT2D eigenvalue weighted by atomic mass is 9.88. The van der Waals surface area contributed by atoms with Crippen molar-refractivity contribution in [3.8, 4) is 0 Å². The van der Waals surface area contributed by atoms with Crippen molar-refractivity contribution in [3.05, 3.63) is 0 Å². The molecule has 1 aliphatic carbocycles. The third-order valence-corrected chi connectivity index (χ3v) is 5.27. The van der Waals surface area contributed by atoms with E-state index in [0.29, 0.717) is 18.4 Å². The number of esters is 1. The van der Waals surface area contributed by atoms with E-state index in [2.05, 4.69) is 15.6 Å². The third kappa shape index (κ3) is 7.46. The number of methoxy groups -OCH3 is 1. The highest BCUT2D eigenvalue weighted by molar-refractivity contribution is 14.0. The molecule has 1 heterocycles. The lowest BCUT2D eigenvalue weighted by Gasteiger charge is -2.26. The molecule has 0 bridgehead atoms. The average molecular weight is 494 g/mol. The number of halogens is 1. The monoisotopic (exact) mass is 494 g/mol. The summed E-state index contributed by atoms with van der Waals surface area (Å²) in [7, 11) is 1.39. The van der Waals surface area contributed by atoms with Gasteiger partial charge in [0.25, 0.3) is 0 Å². The van der Waals surface area contributed by atoms with Crippen LogP contribution in [0.5, 0.6) is 0 Å². The number of guanidine groups is 1. The number of hydrogen-bond acceptors (Lipinski definition) is 4. The van der Waals surface area contributed by atoms with Crippen molar-refractivity contribution in [1.29, 1.82) is 0 Å². The average Bonchev–Trinajstić information content (AvgIpc) is 3.13. The molecule has 0 spiro atoms. The van der Waals surface area contributed by atoms with Crippen molar-refractivity contribution in [3.63, 3.8) is 0 Å². The minimum Gasteiger partial charge on any atom is -0.469 e. The van der Waals surface area contributed by atoms with Crippen molar-refractivity contribution in [2.24, 2.45) is 16.8 Å². The molecule has 1 amide bonds. The zero-order valence-corrected chi connectivity index (χ0v) is 19.2. The van der Waals surface area contributed by atoms with Crippen molar-refractivity contribution in [1.82, 2.24) is 15.5 Å². The largest absolute Gasteiger partial charge is 0.469 e. The lowest BCUT2D eigenvalue weighted by Crippen LogP contribution is -2.45. The number of nitrogens with zero attached hydrogens (tertiary/aromatic N) is 2. The molecular formula is C19H35IN4O3. The molecule has 2 aliphatic rings. The van der Waals surface area contributed by atoms with Crippen LogP contribution in [0.2, 0.25) is 0 Å². The number of aliphatic imine (C=N–C) groups is 1. The predicted octanol–water partition coefficient (Wildman–Crippen LogP) is 2.15. The molecule has 0 aromatic rings. The molecule has 2 unspecified atom stereocenters. The molecule has 2 N–H and O–H groups in total. The Balaban J connectivity index is 0.00000364. The zero-order chi connectivity index (χ0) is 18.9. The van der Waals surface area contributed by atoms with Gasteiger partial charge in [0, 0.05) is 31.6 Å². The molecule has 8 heteroatoms. The molecule has 7 nitrogen and oxygen atoms in total. The minimum absolute atomic E-state index is 0. The van der Waals surface area contributed by atoms with Gasteiger partial charge in [0.2, 0.25) is 5.91 Å². The standard InChI is InChI=1S/C19H34N4O3.HI/c1-4-20-19(21-12-14(2)18(25)26-3)22-16-10-11-23(13-16)17(24)15-8-6-5-7-9-15;/h14-16H,4-13H2,1-3H3,(H2,20,21,22);1H. The maximum Gasteiger partial charge on any atom is 0.310 e. The molecular weight excluding hydrogens is 459 g/mol. The van der Waals surface area contributed by atoms with Gasteiger partial charge in [0.05, 0.1) is 19.6 Å². The minimum atomic E-state index is -0.275. The number of nitrogens with one attached hydrogen (secondary N) is 2. The summed E-state index contributed by atoms with van der Waals surface area (Å²) in [6.45, 7) is 6.47. The highest BCUT2D eigenvalue weighted by Gasteiger charge is 2.31. The van der Waals surface area contributed by atoms with Gasteiger partial charge in [0.15, 0.2) is 5.96 Å². The topological polar surface area (TPSA) is 83.0 Å². The van der Waals surface area contributed by atoms with Gasteiger partial charge in [-0.3, -0.25) is 14.6 Å². The van der Waals surface area contributed by atoms with Crippen LogP contribution < -0.4 is 10.6 Å². The van der Waals surface area contributed by atoms with Gasteiger partial charge in [-0.25, -0.2) is 0 Å². The predicted molar refractivity (Wildman–Crippen MR) is 117 cm³/mol. The maximum absolute atomic E-state index is 12.7. The molecule has 0 aromatic heterocycles. The van der Waals surface area contributed by atoms with Crippen LogP contribution in [0.25, 0.3) is 0 Å². The lowest BCUT2D eigenvalue weighted by molar-refractivity contribution is -0.144. The fraction of sp³-hybridized carbons (Fsp3) is 0.842. The summed E-state index contributed by atoms with van der Waals surface area (Å²) in [5.41, 5.74) is 0. The summed E-state index contributed by atoms with van der Waals surface area (Å²) >= 11 is 0. The fourth-order valence-corrected chi connectivity index (χ4v) is 3.70. The van der Waals surface area contributed by atoms with Crippen molar-refractivity contribution in [2.75, 3.05) is 33.3 Å². The van der Waals surface area contributed by atoms with E-state index in [9.17, 15) is 9.59 Å². The number of rotatable bonds is 6. The molecule has 1 aliphatic heterocycles. The van der Waals surface area contributed by atoms with Gasteiger partial charge in [0.1, 0.15) is 0 Å². The van der Waals surface area contributed by atoms with Crippen LogP contribution in [-0.2, 0) is 14.3 Å². The second-order valence-corrected chi connectivity index (χ2v) is 7.39. The zero-order valence-electron chi connectivity index (χ0n) is 16.8. The van der Waals surface area contributed by atoms with E-state index in [1.54, 1.807) is 6.92 Å². The molecule has 0 radical (unpaired) electrons. The van der Waals surface area contributed by atoms with Gasteiger partial charge in [-0.1, -0.05) is 26.2 Å². The van der Waals surface area contributed by atoms with Crippen LogP contribution in [0.4, 0.5) is 0 Å². The Morgan fingerprint density at radius 3 is 2.56 bits per heavy atom. The molecule has 156 valence electrons. The Hall–Kier alpha value is -1.06. The molecule has 27 heavy (non-hydrogen) atoms. The van der Waals surface area contributed by atoms with E-state index in [1.165, 1.54) is 26.4 Å². The summed E-state index contributed by atoms with van der Waals surface area (Å²) in [5, 5.41) is 6.62. The second kappa shape index (κ2) is 12.4. The molecule has 1 saturated heterocycles. The number of amides is 1. The maximum atomic E-state index is 12.7. The summed E-state index contributed by atoms with van der Waals surface area (Å²) in [4.78, 5) is 30.7. The van der Waals surface area contributed by atoms with Crippen LogP contribution in [0.1, 0.15) is 52.4 Å². The van der Waals surface area contributed by atoms with Crippen LogP contribution in [0.3, 0.4) is 0 Å². The molecule has 2 fully saturated rings. The Morgan fingerprint density at radius 2 is 1.93 bits per heavy atom. The van der Waals surface area contributed by atoms with Crippen molar-refractivity contribution in [2.45, 2.75) is 58.4 Å². The number of hydrogen-bond donors (Lipinski definition) is 2. The first-order valence-corrected chi connectivity index (χ1v) is 9.96. The van der Waals surface area contributed by atoms with Crippen LogP contribution >= 0.6 is 24.0 Å². The molecule has 0 aromatic carbocycles. The summed E-state index contributed by atoms with van der Waals surface area (Å²) in [6, 6.07) is 0.203. The number of ether oxygens (including phenoxy) is 1. The van der Waals surface area contributed by atoms with Crippen molar-refractivity contribution < 1.29 is 14.3 Å². The third-order valence-electron chi connectivity index (χ3n) is 5.27. The van der Waals surface area contributed by atoms with E-state index < -0.39 is 0 Å². The SMILES string of the molecule is CCNC(=NCC(C)C(=O)OC)NC1CCN(C(=O)C2CCCCC2)C1.I. The summed E-state index contributed by atoms with van der Waals surface area (Å²) < 4.78 is 4.74. The summed E-state index contributed by atoms with van der Waals surface area (Å²) in [6.07, 6.45) is 6.64. The van der Waals surface area contributed by atoms with Gasteiger partial charge >= 0.3 is 5.97 Å². The first kappa shape index (κ1) is 24.0. The first-order chi connectivity index (χ1) is 12.5. The second-order valence-electron chi connectivity index (χ2n) is 7.39. The molecule has 2 rings (SSSR count). The highest BCUT2D eigenvalue weighted by atomic mass is 127. The first-order valence-electron chi connectivity index (χ1n) is 9.96. The Labute approximate surface area is 180 Å². The van der Waals surface area contributed by atoms with Crippen molar-refractivity contribution >= 4 is 41.8 Å². The number of carbonyl (C=O) groups excluding carboxylic acids is 2. The van der Waals surface area contributed by atoms with E-state index in [1.807, 2.05) is 11.8 Å². The number of likely N-dealkylation sites (tertiary alicyclic amines) is 1. The van der Waals surface area contributed by atoms with Gasteiger partial charge in [-0.2, -0.15) is 0 Å². The Morgan fingerprint density at radius 1 is 1.22 bits per heavy atom. The molecule has 2 atom stereocenters. The molecule has 1 saturated carbocycles. The van der Waals surface area contributed by atoms with Crippen LogP contribution in [0.15, 0.2) is 4.99 Å². The highest BCUT2D eigenvalue weighted by Crippen LogP contribution is 2.26. The van der Waals surface area contributed by atoms with E-state index in [-0.39, 0.29) is 47.8 Å². The quantitative estimate of drug-likeness (QED) is 0.256.